The van der Waals surface area contributed by atoms with Crippen molar-refractivity contribution in [3.05, 3.63) is 59.7 Å². The molecule has 2 aromatic rings. The molecule has 6 heteroatoms. The second-order valence-corrected chi connectivity index (χ2v) is 7.12. The van der Waals surface area contributed by atoms with Gasteiger partial charge in [0.25, 0.3) is 0 Å². The van der Waals surface area contributed by atoms with E-state index < -0.39 is 0 Å². The fourth-order valence-corrected chi connectivity index (χ4v) is 3.49. The average Bonchev–Trinajstić information content (AvgIpc) is 2.79. The van der Waals surface area contributed by atoms with Crippen molar-refractivity contribution in [3.8, 4) is 11.8 Å². The summed E-state index contributed by atoms with van der Waals surface area (Å²) in [6.07, 6.45) is 8.54. The summed E-state index contributed by atoms with van der Waals surface area (Å²) in [6.45, 7) is 8.50. The molecule has 0 radical (unpaired) electrons. The second-order valence-electron chi connectivity index (χ2n) is 7.12. The molecule has 1 aromatic heterocycles. The summed E-state index contributed by atoms with van der Waals surface area (Å²) in [5.41, 5.74) is 3.00. The first-order valence-electron chi connectivity index (χ1n) is 10.3. The third kappa shape index (κ3) is 5.47. The van der Waals surface area contributed by atoms with Crippen molar-refractivity contribution in [2.45, 2.75) is 33.1 Å². The predicted octanol–water partition coefficient (Wildman–Crippen LogP) is 3.80. The lowest BCUT2D eigenvalue weighted by Crippen LogP contribution is -2.46. The van der Waals surface area contributed by atoms with E-state index in [0.29, 0.717) is 11.5 Å². The average molecular weight is 392 g/mol. The highest BCUT2D eigenvalue weighted by Crippen LogP contribution is 2.21. The van der Waals surface area contributed by atoms with E-state index in [9.17, 15) is 5.26 Å². The summed E-state index contributed by atoms with van der Waals surface area (Å²) >= 11 is 0. The Balaban J connectivity index is 1.56. The van der Waals surface area contributed by atoms with Gasteiger partial charge in [0, 0.05) is 50.7 Å². The van der Waals surface area contributed by atoms with Gasteiger partial charge >= 0.3 is 0 Å². The van der Waals surface area contributed by atoms with E-state index in [1.54, 1.807) is 12.4 Å². The third-order valence-electron chi connectivity index (χ3n) is 5.18. The maximum absolute atomic E-state index is 9.26. The molecule has 1 aliphatic heterocycles. The van der Waals surface area contributed by atoms with E-state index in [2.05, 4.69) is 70.0 Å². The number of aromatic nitrogens is 2. The first-order valence-corrected chi connectivity index (χ1v) is 10.3. The number of unbranched alkanes of at least 4 members (excludes halogenated alkanes) is 1. The topological polar surface area (TPSA) is 65.3 Å². The molecular weight excluding hydrogens is 362 g/mol. The van der Waals surface area contributed by atoms with Gasteiger partial charge in [0.1, 0.15) is 11.8 Å². The molecular formula is C23H29N5O. The molecule has 0 spiro atoms. The molecule has 152 valence electrons. The molecule has 0 saturated carbocycles. The molecule has 0 aliphatic carbocycles. The number of ether oxygens (including phenoxy) is 1. The van der Waals surface area contributed by atoms with Crippen molar-refractivity contribution < 1.29 is 4.74 Å². The van der Waals surface area contributed by atoms with Gasteiger partial charge in [0.2, 0.25) is 0 Å². The van der Waals surface area contributed by atoms with Crippen LogP contribution in [-0.4, -0.2) is 47.7 Å². The number of allylic oxidation sites excluding steroid dienone is 2. The standard InChI is InChI=1S/C23H29N5O/c1-3-5-16-29-21-8-6-19(7-9-21)17-20(4-2)27-12-14-28(15-13-27)23-22(18-24)25-10-11-26-23/h4,6-11H,3,5,12-17H2,1-2H3/b20-4+. The number of hydrogen-bond acceptors (Lipinski definition) is 6. The van der Waals surface area contributed by atoms with Gasteiger partial charge in [-0.1, -0.05) is 31.6 Å². The van der Waals surface area contributed by atoms with E-state index in [4.69, 9.17) is 4.74 Å². The van der Waals surface area contributed by atoms with E-state index in [1.165, 1.54) is 11.3 Å². The Morgan fingerprint density at radius 1 is 1.14 bits per heavy atom. The van der Waals surface area contributed by atoms with Crippen LogP contribution >= 0.6 is 0 Å². The molecule has 0 N–H and O–H groups in total. The van der Waals surface area contributed by atoms with Crippen LogP contribution in [-0.2, 0) is 6.42 Å². The molecule has 0 atom stereocenters. The van der Waals surface area contributed by atoms with Crippen LogP contribution in [0.25, 0.3) is 0 Å². The molecule has 0 bridgehead atoms. The minimum atomic E-state index is 0.397. The molecule has 3 rings (SSSR count). The molecule has 2 heterocycles. The summed E-state index contributed by atoms with van der Waals surface area (Å²) in [6, 6.07) is 10.6. The lowest BCUT2D eigenvalue weighted by atomic mass is 10.1. The van der Waals surface area contributed by atoms with Crippen LogP contribution in [0.2, 0.25) is 0 Å². The number of hydrogen-bond donors (Lipinski definition) is 0. The Morgan fingerprint density at radius 3 is 2.52 bits per heavy atom. The zero-order valence-electron chi connectivity index (χ0n) is 17.3. The number of benzene rings is 1. The minimum Gasteiger partial charge on any atom is -0.494 e. The Morgan fingerprint density at radius 2 is 1.86 bits per heavy atom. The van der Waals surface area contributed by atoms with Gasteiger partial charge in [0.05, 0.1) is 6.61 Å². The van der Waals surface area contributed by atoms with Crippen molar-refractivity contribution in [1.29, 1.82) is 5.26 Å². The van der Waals surface area contributed by atoms with E-state index in [0.717, 1.165) is 57.8 Å². The van der Waals surface area contributed by atoms with Gasteiger partial charge < -0.3 is 14.5 Å². The molecule has 1 aliphatic rings. The van der Waals surface area contributed by atoms with Crippen molar-refractivity contribution >= 4 is 5.82 Å². The lowest BCUT2D eigenvalue weighted by Gasteiger charge is -2.38. The number of nitrogens with zero attached hydrogens (tertiary/aromatic N) is 5. The van der Waals surface area contributed by atoms with Crippen LogP contribution in [0, 0.1) is 11.3 Å². The van der Waals surface area contributed by atoms with Crippen molar-refractivity contribution in [1.82, 2.24) is 14.9 Å². The quantitative estimate of drug-likeness (QED) is 0.638. The van der Waals surface area contributed by atoms with Crippen molar-refractivity contribution in [2.24, 2.45) is 0 Å². The number of rotatable bonds is 8. The fraction of sp³-hybridized carbons (Fsp3) is 0.435. The van der Waals surface area contributed by atoms with Crippen LogP contribution in [0.15, 0.2) is 48.4 Å². The molecule has 0 unspecified atom stereocenters. The zero-order valence-corrected chi connectivity index (χ0v) is 17.3. The maximum Gasteiger partial charge on any atom is 0.183 e. The van der Waals surface area contributed by atoms with Gasteiger partial charge in [-0.15, -0.1) is 0 Å². The first kappa shape index (κ1) is 20.7. The third-order valence-corrected chi connectivity index (χ3v) is 5.18. The normalized spacial score (nSPS) is 14.6. The fourth-order valence-electron chi connectivity index (χ4n) is 3.49. The monoisotopic (exact) mass is 391 g/mol. The Labute approximate surface area is 173 Å². The van der Waals surface area contributed by atoms with Gasteiger partial charge in [-0.3, -0.25) is 0 Å². The Hall–Kier alpha value is -3.07. The highest BCUT2D eigenvalue weighted by molar-refractivity contribution is 5.49. The van der Waals surface area contributed by atoms with Crippen LogP contribution in [0.1, 0.15) is 37.9 Å². The van der Waals surface area contributed by atoms with E-state index in [1.807, 2.05) is 0 Å². The Kier molecular flexibility index (Phi) is 7.46. The largest absolute Gasteiger partial charge is 0.494 e. The second kappa shape index (κ2) is 10.5. The van der Waals surface area contributed by atoms with Crippen LogP contribution < -0.4 is 9.64 Å². The van der Waals surface area contributed by atoms with Crippen LogP contribution in [0.3, 0.4) is 0 Å². The number of nitriles is 1. The van der Waals surface area contributed by atoms with Gasteiger partial charge in [0.15, 0.2) is 11.5 Å². The highest BCUT2D eigenvalue weighted by Gasteiger charge is 2.22. The smallest absolute Gasteiger partial charge is 0.183 e. The molecule has 1 fully saturated rings. The molecule has 1 saturated heterocycles. The number of anilines is 1. The summed E-state index contributed by atoms with van der Waals surface area (Å²) in [5, 5.41) is 9.26. The minimum absolute atomic E-state index is 0.397. The van der Waals surface area contributed by atoms with Crippen molar-refractivity contribution in [2.75, 3.05) is 37.7 Å². The molecule has 1 aromatic carbocycles. The van der Waals surface area contributed by atoms with E-state index in [-0.39, 0.29) is 0 Å². The zero-order chi connectivity index (χ0) is 20.5. The molecule has 0 amide bonds. The Bertz CT molecular complexity index is 848. The summed E-state index contributed by atoms with van der Waals surface area (Å²) < 4.78 is 5.76. The highest BCUT2D eigenvalue weighted by atomic mass is 16.5. The summed E-state index contributed by atoms with van der Waals surface area (Å²) in [7, 11) is 0. The van der Waals surface area contributed by atoms with Crippen LogP contribution in [0.5, 0.6) is 5.75 Å². The molecule has 6 nitrogen and oxygen atoms in total. The first-order chi connectivity index (χ1) is 14.2. The van der Waals surface area contributed by atoms with Crippen molar-refractivity contribution in [3.63, 3.8) is 0 Å². The van der Waals surface area contributed by atoms with Gasteiger partial charge in [-0.05, 0) is 31.0 Å². The summed E-state index contributed by atoms with van der Waals surface area (Å²) in [4.78, 5) is 13.1. The van der Waals surface area contributed by atoms with Crippen LogP contribution in [0.4, 0.5) is 5.82 Å². The van der Waals surface area contributed by atoms with Gasteiger partial charge in [-0.2, -0.15) is 5.26 Å². The predicted molar refractivity (Wildman–Crippen MR) is 115 cm³/mol. The number of piperazine rings is 1. The maximum atomic E-state index is 9.26. The molecule has 29 heavy (non-hydrogen) atoms. The SMILES string of the molecule is C/C=C(\Cc1ccc(OCCCC)cc1)N1CCN(c2nccnc2C#N)CC1. The van der Waals surface area contributed by atoms with Gasteiger partial charge in [-0.25, -0.2) is 9.97 Å². The van der Waals surface area contributed by atoms with E-state index >= 15 is 0 Å². The summed E-state index contributed by atoms with van der Waals surface area (Å²) in [5.74, 6) is 1.63. The lowest BCUT2D eigenvalue weighted by molar-refractivity contribution is 0.308.